The van der Waals surface area contributed by atoms with E-state index in [0.29, 0.717) is 11.3 Å². The topological polar surface area (TPSA) is 41.6 Å². The first-order valence-electron chi connectivity index (χ1n) is 8.19. The maximum Gasteiger partial charge on any atom is 0.326 e. The van der Waals surface area contributed by atoms with Crippen LogP contribution in [0.15, 0.2) is 0 Å². The fourth-order valence-electron chi connectivity index (χ4n) is 3.37. The minimum absolute atomic E-state index is 0.0872. The molecule has 124 valence electrons. The van der Waals surface area contributed by atoms with Gasteiger partial charge in [0.1, 0.15) is 5.54 Å². The predicted octanol–water partition coefficient (Wildman–Crippen LogP) is 2.68. The Morgan fingerprint density at radius 1 is 1.29 bits per heavy atom. The third-order valence-corrected chi connectivity index (χ3v) is 4.90. The number of rotatable bonds is 5. The van der Waals surface area contributed by atoms with E-state index in [9.17, 15) is 4.79 Å². The van der Waals surface area contributed by atoms with E-state index in [1.807, 2.05) is 0 Å². The van der Waals surface area contributed by atoms with Crippen molar-refractivity contribution < 1.29 is 9.53 Å². The number of likely N-dealkylation sites (N-methyl/N-ethyl adjacent to an activating group) is 1. The monoisotopic (exact) mass is 298 g/mol. The van der Waals surface area contributed by atoms with Crippen LogP contribution in [0.5, 0.6) is 0 Å². The number of hydrogen-bond acceptors (Lipinski definition) is 4. The molecule has 1 aliphatic rings. The lowest BCUT2D eigenvalue weighted by Gasteiger charge is -2.33. The van der Waals surface area contributed by atoms with Crippen LogP contribution < -0.4 is 5.32 Å². The van der Waals surface area contributed by atoms with Crippen molar-refractivity contribution in [1.82, 2.24) is 10.2 Å². The molecule has 0 aromatic carbocycles. The number of methoxy groups -OCH3 is 1. The lowest BCUT2D eigenvalue weighted by atomic mass is 9.76. The van der Waals surface area contributed by atoms with Gasteiger partial charge in [-0.25, -0.2) is 0 Å². The van der Waals surface area contributed by atoms with Crippen LogP contribution in [0.25, 0.3) is 0 Å². The highest BCUT2D eigenvalue weighted by Crippen LogP contribution is 2.40. The van der Waals surface area contributed by atoms with E-state index in [0.717, 1.165) is 38.8 Å². The number of hydrogen-bond donors (Lipinski definition) is 1. The van der Waals surface area contributed by atoms with Crippen LogP contribution in [0.1, 0.15) is 52.9 Å². The van der Waals surface area contributed by atoms with Crippen molar-refractivity contribution in [2.75, 3.05) is 34.3 Å². The van der Waals surface area contributed by atoms with Crippen molar-refractivity contribution in [1.29, 1.82) is 0 Å². The van der Waals surface area contributed by atoms with Gasteiger partial charge in [0.05, 0.1) is 7.11 Å². The van der Waals surface area contributed by atoms with E-state index in [4.69, 9.17) is 4.74 Å². The molecule has 1 aliphatic carbocycles. The van der Waals surface area contributed by atoms with Gasteiger partial charge in [-0.2, -0.15) is 0 Å². The maximum atomic E-state index is 12.4. The Bertz CT molecular complexity index is 336. The molecule has 0 aromatic heterocycles. The standard InChI is InChI=1S/C17H34N2O2/c1-16(2,3)14-8-7-10-17(11-9-14,15(20)21-6)18-12-13-19(4)5/h14,18H,7-13H2,1-6H3. The highest BCUT2D eigenvalue weighted by molar-refractivity contribution is 5.80. The van der Waals surface area contributed by atoms with Gasteiger partial charge in [0.15, 0.2) is 0 Å². The number of ether oxygens (including phenoxy) is 1. The molecule has 4 nitrogen and oxygen atoms in total. The Hall–Kier alpha value is -0.610. The van der Waals surface area contributed by atoms with Gasteiger partial charge in [-0.15, -0.1) is 0 Å². The predicted molar refractivity (Wildman–Crippen MR) is 87.3 cm³/mol. The SMILES string of the molecule is COC(=O)C1(NCCN(C)C)CCCC(C(C)(C)C)CC1. The Morgan fingerprint density at radius 2 is 1.95 bits per heavy atom. The van der Waals surface area contributed by atoms with Crippen molar-refractivity contribution in [3.63, 3.8) is 0 Å². The lowest BCUT2D eigenvalue weighted by Crippen LogP contribution is -2.54. The zero-order chi connectivity index (χ0) is 16.1. The number of carbonyl (C=O) groups is 1. The van der Waals surface area contributed by atoms with E-state index in [2.05, 4.69) is 45.1 Å². The van der Waals surface area contributed by atoms with Gasteiger partial charge in [-0.3, -0.25) is 4.79 Å². The van der Waals surface area contributed by atoms with E-state index < -0.39 is 5.54 Å². The summed E-state index contributed by atoms with van der Waals surface area (Å²) in [4.78, 5) is 14.5. The first kappa shape index (κ1) is 18.4. The molecule has 1 fully saturated rings. The molecule has 0 aliphatic heterocycles. The van der Waals surface area contributed by atoms with Gasteiger partial charge in [0.2, 0.25) is 0 Å². The third kappa shape index (κ3) is 5.26. The van der Waals surface area contributed by atoms with Crippen molar-refractivity contribution in [3.8, 4) is 0 Å². The molecule has 0 amide bonds. The largest absolute Gasteiger partial charge is 0.468 e. The fraction of sp³-hybridized carbons (Fsp3) is 0.941. The van der Waals surface area contributed by atoms with Crippen LogP contribution in [0.2, 0.25) is 0 Å². The van der Waals surface area contributed by atoms with Gasteiger partial charge in [-0.1, -0.05) is 27.2 Å². The molecular weight excluding hydrogens is 264 g/mol. The molecule has 2 unspecified atom stereocenters. The van der Waals surface area contributed by atoms with Crippen LogP contribution in [0, 0.1) is 11.3 Å². The molecule has 21 heavy (non-hydrogen) atoms. The molecule has 4 heteroatoms. The number of nitrogens with zero attached hydrogens (tertiary/aromatic N) is 1. The first-order valence-corrected chi connectivity index (χ1v) is 8.19. The average molecular weight is 298 g/mol. The molecular formula is C17H34N2O2. The molecule has 1 N–H and O–H groups in total. The summed E-state index contributed by atoms with van der Waals surface area (Å²) in [5.74, 6) is 0.593. The van der Waals surface area contributed by atoms with Crippen LogP contribution >= 0.6 is 0 Å². The molecule has 0 radical (unpaired) electrons. The summed E-state index contributed by atoms with van der Waals surface area (Å²) in [5, 5.41) is 3.51. The molecule has 0 spiro atoms. The number of nitrogens with one attached hydrogen (secondary N) is 1. The van der Waals surface area contributed by atoms with Crippen molar-refractivity contribution in [3.05, 3.63) is 0 Å². The van der Waals surface area contributed by atoms with E-state index in [1.165, 1.54) is 13.5 Å². The zero-order valence-electron chi connectivity index (χ0n) is 14.8. The Labute approximate surface area is 130 Å². The molecule has 1 saturated carbocycles. The van der Waals surface area contributed by atoms with Gasteiger partial charge in [0.25, 0.3) is 0 Å². The van der Waals surface area contributed by atoms with Crippen LogP contribution in [-0.4, -0.2) is 50.7 Å². The summed E-state index contributed by atoms with van der Waals surface area (Å²) in [6.07, 6.45) is 5.16. The summed E-state index contributed by atoms with van der Waals surface area (Å²) >= 11 is 0. The summed E-state index contributed by atoms with van der Waals surface area (Å²) in [7, 11) is 5.61. The smallest absolute Gasteiger partial charge is 0.326 e. The molecule has 0 bridgehead atoms. The second-order valence-electron chi connectivity index (χ2n) is 7.80. The lowest BCUT2D eigenvalue weighted by molar-refractivity contribution is -0.149. The van der Waals surface area contributed by atoms with Gasteiger partial charge < -0.3 is 15.0 Å². The molecule has 0 aromatic rings. The highest BCUT2D eigenvalue weighted by Gasteiger charge is 2.42. The Morgan fingerprint density at radius 3 is 2.48 bits per heavy atom. The number of esters is 1. The summed E-state index contributed by atoms with van der Waals surface area (Å²) in [6, 6.07) is 0. The van der Waals surface area contributed by atoms with Crippen molar-refractivity contribution in [2.45, 2.75) is 58.4 Å². The van der Waals surface area contributed by atoms with Gasteiger partial charge in [0, 0.05) is 13.1 Å². The van der Waals surface area contributed by atoms with Crippen LogP contribution in [-0.2, 0) is 9.53 Å². The van der Waals surface area contributed by atoms with Crippen molar-refractivity contribution in [2.24, 2.45) is 11.3 Å². The molecule has 0 saturated heterocycles. The summed E-state index contributed by atoms with van der Waals surface area (Å²) < 4.78 is 5.11. The van der Waals surface area contributed by atoms with Gasteiger partial charge >= 0.3 is 5.97 Å². The average Bonchev–Trinajstić information content (AvgIpc) is 2.60. The molecule has 0 heterocycles. The molecule has 1 rings (SSSR count). The van der Waals surface area contributed by atoms with Crippen LogP contribution in [0.3, 0.4) is 0 Å². The minimum Gasteiger partial charge on any atom is -0.468 e. The van der Waals surface area contributed by atoms with Crippen LogP contribution in [0.4, 0.5) is 0 Å². The highest BCUT2D eigenvalue weighted by atomic mass is 16.5. The van der Waals surface area contributed by atoms with Crippen molar-refractivity contribution >= 4 is 5.97 Å². The second kappa shape index (κ2) is 7.59. The van der Waals surface area contributed by atoms with E-state index in [-0.39, 0.29) is 5.97 Å². The zero-order valence-corrected chi connectivity index (χ0v) is 14.8. The third-order valence-electron chi connectivity index (χ3n) is 4.90. The second-order valence-corrected chi connectivity index (χ2v) is 7.80. The molecule has 2 atom stereocenters. The number of carbonyl (C=O) groups excluding carboxylic acids is 1. The quantitative estimate of drug-likeness (QED) is 0.626. The van der Waals surface area contributed by atoms with E-state index >= 15 is 0 Å². The minimum atomic E-state index is -0.481. The maximum absolute atomic E-state index is 12.4. The summed E-state index contributed by atoms with van der Waals surface area (Å²) in [6.45, 7) is 8.68. The Kier molecular flexibility index (Phi) is 6.67. The fourth-order valence-corrected chi connectivity index (χ4v) is 3.37. The Balaban J connectivity index is 2.76. The summed E-state index contributed by atoms with van der Waals surface area (Å²) in [5.41, 5.74) is -0.166. The first-order chi connectivity index (χ1) is 9.71. The normalized spacial score (nSPS) is 27.5. The van der Waals surface area contributed by atoms with E-state index in [1.54, 1.807) is 0 Å². The van der Waals surface area contributed by atoms with Gasteiger partial charge in [-0.05, 0) is 51.1 Å².